The minimum Gasteiger partial charge on any atom is -0.397 e. The molecule has 19 heavy (non-hydrogen) atoms. The van der Waals surface area contributed by atoms with Gasteiger partial charge in [-0.1, -0.05) is 6.92 Å². The van der Waals surface area contributed by atoms with Crippen molar-refractivity contribution in [3.05, 3.63) is 23.8 Å². The number of anilines is 2. The quantitative estimate of drug-likeness (QED) is 0.590. The van der Waals surface area contributed by atoms with Crippen LogP contribution in [0.4, 0.5) is 11.4 Å². The first-order valence-corrected chi connectivity index (χ1v) is 5.96. The van der Waals surface area contributed by atoms with Crippen LogP contribution in [-0.2, 0) is 9.59 Å². The van der Waals surface area contributed by atoms with E-state index in [1.54, 1.807) is 23.1 Å². The van der Waals surface area contributed by atoms with Crippen molar-refractivity contribution in [1.82, 2.24) is 5.32 Å². The molecular weight excluding hydrogens is 244 g/mol. The first kappa shape index (κ1) is 12.9. The van der Waals surface area contributed by atoms with Gasteiger partial charge in [-0.2, -0.15) is 5.26 Å². The summed E-state index contributed by atoms with van der Waals surface area (Å²) in [6.07, 6.45) is 0.568. The summed E-state index contributed by atoms with van der Waals surface area (Å²) in [7, 11) is 0. The molecule has 0 aliphatic carbocycles. The molecule has 0 radical (unpaired) electrons. The van der Waals surface area contributed by atoms with E-state index in [1.807, 2.05) is 13.0 Å². The SMILES string of the molecule is CCC1C(=O)NC(=O)CN1c1ccc(C#N)cc1N. The number of nitrogens with one attached hydrogen (secondary N) is 1. The third kappa shape index (κ3) is 2.36. The van der Waals surface area contributed by atoms with Gasteiger partial charge in [-0.05, 0) is 24.6 Å². The number of nitrogens with zero attached hydrogens (tertiary/aromatic N) is 2. The smallest absolute Gasteiger partial charge is 0.249 e. The number of benzene rings is 1. The maximum absolute atomic E-state index is 11.8. The summed E-state index contributed by atoms with van der Waals surface area (Å²) in [5, 5.41) is 11.1. The van der Waals surface area contributed by atoms with E-state index in [0.717, 1.165) is 0 Å². The zero-order valence-electron chi connectivity index (χ0n) is 10.5. The topological polar surface area (TPSA) is 99.2 Å². The van der Waals surface area contributed by atoms with Crippen LogP contribution in [0.25, 0.3) is 0 Å². The normalized spacial score (nSPS) is 18.9. The molecule has 1 unspecified atom stereocenters. The highest BCUT2D eigenvalue weighted by Gasteiger charge is 2.33. The van der Waals surface area contributed by atoms with Gasteiger partial charge in [-0.25, -0.2) is 0 Å². The van der Waals surface area contributed by atoms with E-state index in [-0.39, 0.29) is 18.4 Å². The third-order valence-electron chi connectivity index (χ3n) is 3.11. The second-order valence-electron chi connectivity index (χ2n) is 4.35. The van der Waals surface area contributed by atoms with E-state index in [4.69, 9.17) is 11.0 Å². The molecule has 1 aromatic carbocycles. The highest BCUT2D eigenvalue weighted by molar-refractivity contribution is 6.05. The third-order valence-corrected chi connectivity index (χ3v) is 3.11. The summed E-state index contributed by atoms with van der Waals surface area (Å²) >= 11 is 0. The molecule has 1 fully saturated rings. The van der Waals surface area contributed by atoms with Crippen LogP contribution in [-0.4, -0.2) is 24.4 Å². The maximum atomic E-state index is 11.8. The molecule has 2 amide bonds. The van der Waals surface area contributed by atoms with Crippen LogP contribution < -0.4 is 16.0 Å². The van der Waals surface area contributed by atoms with Crippen molar-refractivity contribution >= 4 is 23.2 Å². The molecule has 1 heterocycles. The Morgan fingerprint density at radius 3 is 2.84 bits per heavy atom. The summed E-state index contributed by atoms with van der Waals surface area (Å²) in [6.45, 7) is 1.95. The molecule has 0 aromatic heterocycles. The van der Waals surface area contributed by atoms with Gasteiger partial charge in [0.15, 0.2) is 0 Å². The molecule has 1 aliphatic rings. The predicted molar refractivity (Wildman–Crippen MR) is 70.1 cm³/mol. The lowest BCUT2D eigenvalue weighted by Crippen LogP contribution is -2.58. The van der Waals surface area contributed by atoms with E-state index >= 15 is 0 Å². The molecule has 1 saturated heterocycles. The lowest BCUT2D eigenvalue weighted by atomic mass is 10.1. The lowest BCUT2D eigenvalue weighted by Gasteiger charge is -2.35. The Hall–Kier alpha value is -2.55. The van der Waals surface area contributed by atoms with Crippen molar-refractivity contribution in [2.45, 2.75) is 19.4 Å². The number of amides is 2. The van der Waals surface area contributed by atoms with Crippen molar-refractivity contribution in [1.29, 1.82) is 5.26 Å². The van der Waals surface area contributed by atoms with Gasteiger partial charge in [0.05, 0.1) is 29.6 Å². The summed E-state index contributed by atoms with van der Waals surface area (Å²) in [4.78, 5) is 25.0. The van der Waals surface area contributed by atoms with Crippen LogP contribution in [0, 0.1) is 11.3 Å². The fourth-order valence-electron chi connectivity index (χ4n) is 2.21. The van der Waals surface area contributed by atoms with E-state index < -0.39 is 6.04 Å². The Balaban J connectivity index is 2.41. The number of carbonyl (C=O) groups is 2. The standard InChI is InChI=1S/C13H14N4O2/c1-2-10-13(19)16-12(18)7-17(10)11-4-3-8(6-14)5-9(11)15/h3-5,10H,2,7,15H2,1H3,(H,16,18,19). The highest BCUT2D eigenvalue weighted by Crippen LogP contribution is 2.28. The Labute approximate surface area is 110 Å². The number of hydrogen-bond acceptors (Lipinski definition) is 5. The van der Waals surface area contributed by atoms with Crippen molar-refractivity contribution in [3.8, 4) is 6.07 Å². The molecule has 98 valence electrons. The van der Waals surface area contributed by atoms with Crippen LogP contribution in [0.1, 0.15) is 18.9 Å². The van der Waals surface area contributed by atoms with E-state index in [0.29, 0.717) is 23.4 Å². The van der Waals surface area contributed by atoms with Gasteiger partial charge >= 0.3 is 0 Å². The maximum Gasteiger partial charge on any atom is 0.249 e. The number of hydrogen-bond donors (Lipinski definition) is 2. The van der Waals surface area contributed by atoms with Crippen molar-refractivity contribution < 1.29 is 9.59 Å². The Morgan fingerprint density at radius 1 is 1.53 bits per heavy atom. The van der Waals surface area contributed by atoms with Gasteiger partial charge in [0, 0.05) is 0 Å². The number of rotatable bonds is 2. The van der Waals surface area contributed by atoms with Crippen LogP contribution in [0.3, 0.4) is 0 Å². The molecule has 2 rings (SSSR count). The van der Waals surface area contributed by atoms with Gasteiger partial charge in [0.1, 0.15) is 6.04 Å². The molecule has 0 saturated carbocycles. The van der Waals surface area contributed by atoms with Crippen LogP contribution in [0.5, 0.6) is 0 Å². The zero-order valence-corrected chi connectivity index (χ0v) is 10.5. The minimum atomic E-state index is -0.423. The fourth-order valence-corrected chi connectivity index (χ4v) is 2.21. The van der Waals surface area contributed by atoms with Crippen molar-refractivity contribution in [3.63, 3.8) is 0 Å². The molecule has 0 bridgehead atoms. The number of nitriles is 1. The number of nitrogens with two attached hydrogens (primary N) is 1. The Morgan fingerprint density at radius 2 is 2.26 bits per heavy atom. The second kappa shape index (κ2) is 4.98. The fraction of sp³-hybridized carbons (Fsp3) is 0.308. The highest BCUT2D eigenvalue weighted by atomic mass is 16.2. The van der Waals surface area contributed by atoms with E-state index in [1.165, 1.54) is 0 Å². The van der Waals surface area contributed by atoms with E-state index in [9.17, 15) is 9.59 Å². The minimum absolute atomic E-state index is 0.0837. The number of nitrogen functional groups attached to an aromatic ring is 1. The predicted octanol–water partition coefficient (Wildman–Crippen LogP) is 0.382. The first-order valence-electron chi connectivity index (χ1n) is 5.96. The number of carbonyl (C=O) groups excluding carboxylic acids is 2. The monoisotopic (exact) mass is 258 g/mol. The lowest BCUT2D eigenvalue weighted by molar-refractivity contribution is -0.132. The number of piperazine rings is 1. The molecule has 3 N–H and O–H groups in total. The van der Waals surface area contributed by atoms with Gasteiger partial charge in [-0.3, -0.25) is 14.9 Å². The molecule has 6 nitrogen and oxygen atoms in total. The van der Waals surface area contributed by atoms with Crippen LogP contribution >= 0.6 is 0 Å². The number of imide groups is 1. The molecule has 1 aromatic rings. The van der Waals surface area contributed by atoms with Gasteiger partial charge in [-0.15, -0.1) is 0 Å². The zero-order chi connectivity index (χ0) is 14.0. The molecule has 0 spiro atoms. The van der Waals surface area contributed by atoms with Crippen molar-refractivity contribution in [2.24, 2.45) is 0 Å². The molecule has 1 atom stereocenters. The van der Waals surface area contributed by atoms with Gasteiger partial charge < -0.3 is 10.6 Å². The summed E-state index contributed by atoms with van der Waals surface area (Å²) in [5.41, 5.74) is 7.34. The molecule has 1 aliphatic heterocycles. The summed E-state index contributed by atoms with van der Waals surface area (Å²) < 4.78 is 0. The van der Waals surface area contributed by atoms with Crippen molar-refractivity contribution in [2.75, 3.05) is 17.2 Å². The van der Waals surface area contributed by atoms with Crippen LogP contribution in [0.15, 0.2) is 18.2 Å². The largest absolute Gasteiger partial charge is 0.397 e. The summed E-state index contributed by atoms with van der Waals surface area (Å²) in [5.74, 6) is -0.666. The molecular formula is C13H14N4O2. The average Bonchev–Trinajstić information content (AvgIpc) is 2.37. The average molecular weight is 258 g/mol. The van der Waals surface area contributed by atoms with Gasteiger partial charge in [0.2, 0.25) is 11.8 Å². The first-order chi connectivity index (χ1) is 9.06. The Bertz CT molecular complexity index is 576. The summed E-state index contributed by atoms with van der Waals surface area (Å²) in [6, 6.07) is 6.40. The Kier molecular flexibility index (Phi) is 3.38. The van der Waals surface area contributed by atoms with E-state index in [2.05, 4.69) is 5.32 Å². The van der Waals surface area contributed by atoms with Crippen LogP contribution in [0.2, 0.25) is 0 Å². The second-order valence-corrected chi connectivity index (χ2v) is 4.35. The van der Waals surface area contributed by atoms with Gasteiger partial charge in [0.25, 0.3) is 0 Å². The molecule has 6 heteroatoms.